The number of amides is 1. The van der Waals surface area contributed by atoms with Gasteiger partial charge in [0.2, 0.25) is 0 Å². The number of methoxy groups -OCH3 is 2. The minimum atomic E-state index is -0.601. The minimum absolute atomic E-state index is 0.111. The zero-order valence-electron chi connectivity index (χ0n) is 16.2. The second-order valence-electron chi connectivity index (χ2n) is 6.42. The lowest BCUT2D eigenvalue weighted by atomic mass is 10.1. The predicted octanol–water partition coefficient (Wildman–Crippen LogP) is 3.95. The van der Waals surface area contributed by atoms with Gasteiger partial charge in [0.05, 0.1) is 42.2 Å². The highest BCUT2D eigenvalue weighted by atomic mass is 35.5. The van der Waals surface area contributed by atoms with Gasteiger partial charge in [0, 0.05) is 18.7 Å². The lowest BCUT2D eigenvalue weighted by Gasteiger charge is -2.16. The molecule has 0 saturated carbocycles. The predicted molar refractivity (Wildman–Crippen MR) is 108 cm³/mol. The maximum atomic E-state index is 12.7. The fourth-order valence-electron chi connectivity index (χ4n) is 3.01. The molecule has 1 saturated heterocycles. The summed E-state index contributed by atoms with van der Waals surface area (Å²) >= 11 is 6.11. The van der Waals surface area contributed by atoms with Gasteiger partial charge in [-0.1, -0.05) is 23.7 Å². The number of nitrogens with one attached hydrogen (secondary N) is 1. The van der Waals surface area contributed by atoms with E-state index in [4.69, 9.17) is 30.5 Å². The van der Waals surface area contributed by atoms with Crippen molar-refractivity contribution in [3.63, 3.8) is 0 Å². The molecule has 0 bridgehead atoms. The highest BCUT2D eigenvalue weighted by Gasteiger charge is 2.23. The summed E-state index contributed by atoms with van der Waals surface area (Å²) in [6.07, 6.45) is 1.67. The van der Waals surface area contributed by atoms with Crippen LogP contribution in [0.5, 0.6) is 11.5 Å². The monoisotopic (exact) mass is 419 g/mol. The molecular formula is C21H22ClNO6. The number of rotatable bonds is 7. The number of ether oxygens (including phenoxy) is 4. The third-order valence-corrected chi connectivity index (χ3v) is 4.86. The molecule has 7 nitrogen and oxygen atoms in total. The Bertz CT molecular complexity index is 895. The number of halogens is 1. The Morgan fingerprint density at radius 2 is 1.86 bits per heavy atom. The molecule has 0 spiro atoms. The summed E-state index contributed by atoms with van der Waals surface area (Å²) in [4.78, 5) is 25.4. The average Bonchev–Trinajstić information content (AvgIpc) is 3.25. The molecule has 8 heteroatoms. The van der Waals surface area contributed by atoms with E-state index < -0.39 is 11.9 Å². The molecule has 0 aliphatic carbocycles. The molecule has 1 amide bonds. The molecule has 0 unspecified atom stereocenters. The Hall–Kier alpha value is -2.77. The minimum Gasteiger partial charge on any atom is -0.493 e. The molecule has 0 aromatic heterocycles. The molecule has 1 heterocycles. The van der Waals surface area contributed by atoms with Crippen molar-refractivity contribution >= 4 is 29.2 Å². The first-order valence-corrected chi connectivity index (χ1v) is 9.52. The molecule has 2 aromatic rings. The van der Waals surface area contributed by atoms with Crippen molar-refractivity contribution in [3.05, 3.63) is 52.5 Å². The summed E-state index contributed by atoms with van der Waals surface area (Å²) < 4.78 is 21.4. The normalized spacial score (nSPS) is 15.6. The Kier molecular flexibility index (Phi) is 6.95. The molecule has 1 atom stereocenters. The van der Waals surface area contributed by atoms with Gasteiger partial charge >= 0.3 is 5.97 Å². The van der Waals surface area contributed by atoms with E-state index in [0.717, 1.165) is 12.8 Å². The van der Waals surface area contributed by atoms with E-state index in [9.17, 15) is 9.59 Å². The van der Waals surface area contributed by atoms with E-state index in [1.165, 1.54) is 26.4 Å². The number of esters is 1. The van der Waals surface area contributed by atoms with Crippen LogP contribution in [0.1, 0.15) is 33.6 Å². The molecule has 1 aliphatic heterocycles. The Labute approximate surface area is 173 Å². The average molecular weight is 420 g/mol. The first-order chi connectivity index (χ1) is 14.0. The zero-order valence-corrected chi connectivity index (χ0v) is 17.0. The molecule has 29 heavy (non-hydrogen) atoms. The van der Waals surface area contributed by atoms with Crippen LogP contribution in [0.15, 0.2) is 36.4 Å². The van der Waals surface area contributed by atoms with Gasteiger partial charge in [-0.3, -0.25) is 4.79 Å². The quantitative estimate of drug-likeness (QED) is 0.684. The van der Waals surface area contributed by atoms with Crippen LogP contribution >= 0.6 is 11.6 Å². The number of hydrogen-bond donors (Lipinski definition) is 1. The molecule has 0 radical (unpaired) electrons. The number of carbonyl (C=O) groups is 2. The summed E-state index contributed by atoms with van der Waals surface area (Å²) in [7, 11) is 2.92. The highest BCUT2D eigenvalue weighted by molar-refractivity contribution is 6.34. The van der Waals surface area contributed by atoms with Crippen LogP contribution in [0, 0.1) is 0 Å². The molecular weight excluding hydrogens is 398 g/mol. The fraction of sp³-hybridized carbons (Fsp3) is 0.333. The van der Waals surface area contributed by atoms with Crippen LogP contribution < -0.4 is 14.8 Å². The topological polar surface area (TPSA) is 83.1 Å². The van der Waals surface area contributed by atoms with Gasteiger partial charge < -0.3 is 24.3 Å². The van der Waals surface area contributed by atoms with Gasteiger partial charge in [0.25, 0.3) is 5.91 Å². The van der Waals surface area contributed by atoms with Gasteiger partial charge in [-0.2, -0.15) is 0 Å². The van der Waals surface area contributed by atoms with Crippen molar-refractivity contribution in [2.45, 2.75) is 18.9 Å². The number of benzene rings is 2. The first-order valence-electron chi connectivity index (χ1n) is 9.14. The van der Waals surface area contributed by atoms with Gasteiger partial charge in [-0.05, 0) is 25.0 Å². The van der Waals surface area contributed by atoms with Crippen LogP contribution in [-0.2, 0) is 9.47 Å². The molecule has 3 rings (SSSR count). The van der Waals surface area contributed by atoms with E-state index >= 15 is 0 Å². The summed E-state index contributed by atoms with van der Waals surface area (Å²) in [6.45, 7) is 0.808. The maximum absolute atomic E-state index is 12.7. The summed E-state index contributed by atoms with van der Waals surface area (Å²) in [5, 5.41) is 3.01. The first kappa shape index (κ1) is 21.0. The van der Waals surface area contributed by atoms with Gasteiger partial charge in [0.1, 0.15) is 6.61 Å². The van der Waals surface area contributed by atoms with Crippen LogP contribution in [0.3, 0.4) is 0 Å². The standard InChI is InChI=1S/C21H22ClNO6/c1-26-18-10-15(21(25)29-12-13-6-5-9-28-13)17(11-19(18)27-2)23-20(24)14-7-3-4-8-16(14)22/h3-4,7-8,10-11,13H,5-6,9,12H2,1-2H3,(H,23,24)/t13-/m0/s1. The second-order valence-corrected chi connectivity index (χ2v) is 6.83. The smallest absolute Gasteiger partial charge is 0.340 e. The SMILES string of the molecule is COc1cc(NC(=O)c2ccccc2Cl)c(C(=O)OC[C@@H]2CCCO2)cc1OC. The molecule has 1 N–H and O–H groups in total. The van der Waals surface area contributed by atoms with E-state index in [1.807, 2.05) is 0 Å². The highest BCUT2D eigenvalue weighted by Crippen LogP contribution is 2.34. The summed E-state index contributed by atoms with van der Waals surface area (Å²) in [5.41, 5.74) is 0.647. The fourth-order valence-corrected chi connectivity index (χ4v) is 3.23. The largest absolute Gasteiger partial charge is 0.493 e. The maximum Gasteiger partial charge on any atom is 0.340 e. The van der Waals surface area contributed by atoms with Crippen LogP contribution in [0.25, 0.3) is 0 Å². The van der Waals surface area contributed by atoms with Crippen molar-refractivity contribution in [1.29, 1.82) is 0 Å². The summed E-state index contributed by atoms with van der Waals surface area (Å²) in [5.74, 6) is -0.364. The van der Waals surface area contributed by atoms with Crippen LogP contribution in [-0.4, -0.2) is 45.4 Å². The van der Waals surface area contributed by atoms with Gasteiger partial charge in [0.15, 0.2) is 11.5 Å². The van der Waals surface area contributed by atoms with Crippen LogP contribution in [0.4, 0.5) is 5.69 Å². The van der Waals surface area contributed by atoms with Gasteiger partial charge in [-0.25, -0.2) is 4.79 Å². The lowest BCUT2D eigenvalue weighted by Crippen LogP contribution is -2.20. The van der Waals surface area contributed by atoms with Gasteiger partial charge in [-0.15, -0.1) is 0 Å². The van der Waals surface area contributed by atoms with E-state index in [0.29, 0.717) is 23.1 Å². The van der Waals surface area contributed by atoms with E-state index in [1.54, 1.807) is 24.3 Å². The number of carbonyl (C=O) groups excluding carboxylic acids is 2. The number of anilines is 1. The van der Waals surface area contributed by atoms with E-state index in [-0.39, 0.29) is 29.5 Å². The van der Waals surface area contributed by atoms with Crippen LogP contribution in [0.2, 0.25) is 5.02 Å². The van der Waals surface area contributed by atoms with Crippen molar-refractivity contribution in [3.8, 4) is 11.5 Å². The Balaban J connectivity index is 1.87. The van der Waals surface area contributed by atoms with Crippen molar-refractivity contribution in [1.82, 2.24) is 0 Å². The number of hydrogen-bond acceptors (Lipinski definition) is 6. The van der Waals surface area contributed by atoms with Crippen molar-refractivity contribution < 1.29 is 28.5 Å². The van der Waals surface area contributed by atoms with E-state index in [2.05, 4.69) is 5.32 Å². The third kappa shape index (κ3) is 4.99. The lowest BCUT2D eigenvalue weighted by molar-refractivity contribution is 0.0162. The molecule has 1 fully saturated rings. The Morgan fingerprint density at radius 3 is 2.52 bits per heavy atom. The summed E-state index contributed by atoms with van der Waals surface area (Å²) in [6, 6.07) is 9.61. The van der Waals surface area contributed by atoms with Crippen molar-refractivity contribution in [2.75, 3.05) is 32.8 Å². The Morgan fingerprint density at radius 1 is 1.14 bits per heavy atom. The molecule has 154 valence electrons. The third-order valence-electron chi connectivity index (χ3n) is 4.53. The zero-order chi connectivity index (χ0) is 20.8. The second kappa shape index (κ2) is 9.62. The molecule has 2 aromatic carbocycles. The van der Waals surface area contributed by atoms with Crippen molar-refractivity contribution in [2.24, 2.45) is 0 Å². The molecule has 1 aliphatic rings.